The van der Waals surface area contributed by atoms with Gasteiger partial charge in [0.05, 0.1) is 17.0 Å². The molecular weight excluding hydrogens is 436 g/mol. The number of nitrogens with zero attached hydrogens (tertiary/aromatic N) is 3. The predicted molar refractivity (Wildman–Crippen MR) is 142 cm³/mol. The molecule has 0 spiro atoms. The van der Waals surface area contributed by atoms with Crippen molar-refractivity contribution in [3.63, 3.8) is 0 Å². The molecule has 3 heterocycles. The summed E-state index contributed by atoms with van der Waals surface area (Å²) in [6, 6.07) is 16.3. The Labute approximate surface area is 206 Å². The van der Waals surface area contributed by atoms with E-state index in [0.717, 1.165) is 90.6 Å². The van der Waals surface area contributed by atoms with Crippen LogP contribution < -0.4 is 16.4 Å². The Bertz CT molecular complexity index is 1320. The molecular formula is C28H34N6O. The summed E-state index contributed by atoms with van der Waals surface area (Å²) in [7, 11) is 0. The van der Waals surface area contributed by atoms with E-state index < -0.39 is 0 Å². The highest BCUT2D eigenvalue weighted by atomic mass is 16.1. The fraction of sp³-hybridized carbons (Fsp3) is 0.393. The summed E-state index contributed by atoms with van der Waals surface area (Å²) in [6.45, 7) is 4.63. The summed E-state index contributed by atoms with van der Waals surface area (Å²) in [4.78, 5) is 22.2. The first-order valence-electron chi connectivity index (χ1n) is 12.8. The molecule has 2 aromatic heterocycles. The molecule has 7 nitrogen and oxygen atoms in total. The van der Waals surface area contributed by atoms with Crippen LogP contribution in [0.5, 0.6) is 0 Å². The summed E-state index contributed by atoms with van der Waals surface area (Å²) >= 11 is 0. The highest BCUT2D eigenvalue weighted by Crippen LogP contribution is 2.30. The number of pyridine rings is 1. The van der Waals surface area contributed by atoms with E-state index in [2.05, 4.69) is 45.3 Å². The number of nitrogens with two attached hydrogens (primary N) is 1. The Morgan fingerprint density at radius 2 is 1.97 bits per heavy atom. The molecule has 1 aliphatic rings. The van der Waals surface area contributed by atoms with E-state index in [9.17, 15) is 4.79 Å². The Kier molecular flexibility index (Phi) is 6.95. The number of hydrogen-bond donors (Lipinski definition) is 3. The quantitative estimate of drug-likeness (QED) is 0.357. The van der Waals surface area contributed by atoms with Crippen molar-refractivity contribution >= 4 is 39.3 Å². The van der Waals surface area contributed by atoms with Crippen LogP contribution in [-0.4, -0.2) is 33.5 Å². The molecule has 182 valence electrons. The van der Waals surface area contributed by atoms with Crippen LogP contribution in [0.3, 0.4) is 0 Å². The number of benzene rings is 2. The fourth-order valence-electron chi connectivity index (χ4n) is 4.96. The van der Waals surface area contributed by atoms with E-state index in [1.165, 1.54) is 0 Å². The average molecular weight is 471 g/mol. The Morgan fingerprint density at radius 1 is 1.14 bits per heavy atom. The largest absolute Gasteiger partial charge is 0.382 e. The number of para-hydroxylation sites is 1. The second kappa shape index (κ2) is 10.4. The molecule has 35 heavy (non-hydrogen) atoms. The molecule has 1 aliphatic heterocycles. The Morgan fingerprint density at radius 3 is 2.80 bits per heavy atom. The highest BCUT2D eigenvalue weighted by Gasteiger charge is 2.20. The number of nitrogen functional groups attached to an aromatic ring is 1. The van der Waals surface area contributed by atoms with E-state index in [-0.39, 0.29) is 11.8 Å². The topological polar surface area (TPSA) is 97.9 Å². The van der Waals surface area contributed by atoms with Gasteiger partial charge in [0.25, 0.3) is 0 Å². The third-order valence-electron chi connectivity index (χ3n) is 6.92. The molecule has 4 aromatic rings. The minimum absolute atomic E-state index is 0.0305. The van der Waals surface area contributed by atoms with Gasteiger partial charge in [-0.25, -0.2) is 9.97 Å². The summed E-state index contributed by atoms with van der Waals surface area (Å²) in [5.41, 5.74) is 11.0. The van der Waals surface area contributed by atoms with Crippen molar-refractivity contribution < 1.29 is 4.79 Å². The number of fused-ring (bicyclic) bond motifs is 3. The first-order valence-corrected chi connectivity index (χ1v) is 12.8. The van der Waals surface area contributed by atoms with Gasteiger partial charge in [0.15, 0.2) is 5.82 Å². The van der Waals surface area contributed by atoms with Gasteiger partial charge >= 0.3 is 0 Å². The number of unbranched alkanes of at least 4 members (excludes halogenated alkanes) is 1. The second-order valence-corrected chi connectivity index (χ2v) is 9.51. The number of carbonyl (C=O) groups excluding carboxylic acids is 1. The van der Waals surface area contributed by atoms with Crippen LogP contribution in [-0.2, 0) is 17.8 Å². The summed E-state index contributed by atoms with van der Waals surface area (Å²) < 4.78 is 2.29. The zero-order valence-corrected chi connectivity index (χ0v) is 20.4. The summed E-state index contributed by atoms with van der Waals surface area (Å²) in [6.07, 6.45) is 6.23. The number of carbonyl (C=O) groups is 1. The maximum absolute atomic E-state index is 12.7. The van der Waals surface area contributed by atoms with E-state index in [1.807, 2.05) is 30.3 Å². The SMILES string of the molecule is CCCCc1nc2c(N)nc3ccccc3c2n1Cc1ccc(NC(=O)C2CCCCNC2)cc1. The molecule has 0 aliphatic carbocycles. The number of anilines is 2. The molecule has 0 saturated carbocycles. The predicted octanol–water partition coefficient (Wildman–Crippen LogP) is 4.89. The number of rotatable bonds is 7. The van der Waals surface area contributed by atoms with Crippen molar-refractivity contribution in [3.8, 4) is 0 Å². The monoisotopic (exact) mass is 470 g/mol. The molecule has 4 N–H and O–H groups in total. The second-order valence-electron chi connectivity index (χ2n) is 9.51. The van der Waals surface area contributed by atoms with Crippen molar-refractivity contribution in [1.29, 1.82) is 0 Å². The van der Waals surface area contributed by atoms with Crippen molar-refractivity contribution in [2.75, 3.05) is 24.1 Å². The van der Waals surface area contributed by atoms with Crippen molar-refractivity contribution in [1.82, 2.24) is 19.9 Å². The van der Waals surface area contributed by atoms with Crippen molar-refractivity contribution in [2.24, 2.45) is 5.92 Å². The highest BCUT2D eigenvalue weighted by molar-refractivity contribution is 6.06. The standard InChI is InChI=1S/C28H34N6O/c1-2-3-11-24-33-25-26(22-9-4-5-10-23(22)32-27(25)29)34(24)18-19-12-14-21(15-13-19)31-28(35)20-8-6-7-16-30-17-20/h4-5,9-10,12-15,20,30H,2-3,6-8,11,16-18H2,1H3,(H2,29,32)(H,31,35). The smallest absolute Gasteiger partial charge is 0.228 e. The van der Waals surface area contributed by atoms with Crippen molar-refractivity contribution in [3.05, 3.63) is 59.9 Å². The Balaban J connectivity index is 1.43. The van der Waals surface area contributed by atoms with Crippen LogP contribution in [0, 0.1) is 5.92 Å². The van der Waals surface area contributed by atoms with Crippen LogP contribution in [0.4, 0.5) is 11.5 Å². The molecule has 7 heteroatoms. The molecule has 1 saturated heterocycles. The zero-order valence-electron chi connectivity index (χ0n) is 20.4. The van der Waals surface area contributed by atoms with Crippen LogP contribution in [0.1, 0.15) is 50.4 Å². The number of aryl methyl sites for hydroxylation is 1. The van der Waals surface area contributed by atoms with Gasteiger partial charge < -0.3 is 20.9 Å². The van der Waals surface area contributed by atoms with Gasteiger partial charge in [0, 0.05) is 30.6 Å². The maximum atomic E-state index is 12.7. The van der Waals surface area contributed by atoms with E-state index in [0.29, 0.717) is 12.4 Å². The number of hydrogen-bond acceptors (Lipinski definition) is 5. The van der Waals surface area contributed by atoms with E-state index in [4.69, 9.17) is 10.7 Å². The molecule has 5 rings (SSSR count). The minimum Gasteiger partial charge on any atom is -0.382 e. The summed E-state index contributed by atoms with van der Waals surface area (Å²) in [5, 5.41) is 7.53. The van der Waals surface area contributed by atoms with Crippen LogP contribution in [0.15, 0.2) is 48.5 Å². The maximum Gasteiger partial charge on any atom is 0.228 e. The number of imidazole rings is 1. The Hall–Kier alpha value is -3.45. The first kappa shape index (κ1) is 23.3. The normalized spacial score (nSPS) is 16.4. The number of aromatic nitrogens is 3. The lowest BCUT2D eigenvalue weighted by atomic mass is 10.0. The van der Waals surface area contributed by atoms with Crippen LogP contribution in [0.25, 0.3) is 21.9 Å². The number of nitrogens with one attached hydrogen (secondary N) is 2. The molecule has 1 fully saturated rings. The zero-order chi connectivity index (χ0) is 24.2. The minimum atomic E-state index is 0.0305. The van der Waals surface area contributed by atoms with E-state index in [1.54, 1.807) is 0 Å². The van der Waals surface area contributed by atoms with Crippen LogP contribution >= 0.6 is 0 Å². The number of amides is 1. The van der Waals surface area contributed by atoms with Gasteiger partial charge in [-0.15, -0.1) is 0 Å². The average Bonchev–Trinajstić information content (AvgIpc) is 3.03. The van der Waals surface area contributed by atoms with Gasteiger partial charge in [0.1, 0.15) is 11.3 Å². The molecule has 0 bridgehead atoms. The summed E-state index contributed by atoms with van der Waals surface area (Å²) in [5.74, 6) is 1.64. The lowest BCUT2D eigenvalue weighted by Gasteiger charge is -2.15. The first-order chi connectivity index (χ1) is 17.1. The van der Waals surface area contributed by atoms with Gasteiger partial charge in [-0.3, -0.25) is 4.79 Å². The molecule has 1 unspecified atom stereocenters. The molecule has 2 aromatic carbocycles. The lowest BCUT2D eigenvalue weighted by molar-refractivity contribution is -0.119. The molecule has 1 amide bonds. The van der Waals surface area contributed by atoms with E-state index >= 15 is 0 Å². The van der Waals surface area contributed by atoms with Crippen molar-refractivity contribution in [2.45, 2.75) is 52.0 Å². The van der Waals surface area contributed by atoms with Crippen LogP contribution in [0.2, 0.25) is 0 Å². The van der Waals surface area contributed by atoms with Gasteiger partial charge in [-0.1, -0.05) is 50.1 Å². The third-order valence-corrected chi connectivity index (χ3v) is 6.92. The molecule has 0 radical (unpaired) electrons. The van der Waals surface area contributed by atoms with Gasteiger partial charge in [-0.2, -0.15) is 0 Å². The fourth-order valence-corrected chi connectivity index (χ4v) is 4.96. The molecule has 1 atom stereocenters. The van der Waals surface area contributed by atoms with Gasteiger partial charge in [-0.05, 0) is 49.6 Å². The van der Waals surface area contributed by atoms with Gasteiger partial charge in [0.2, 0.25) is 5.91 Å². The third kappa shape index (κ3) is 5.00. The lowest BCUT2D eigenvalue weighted by Crippen LogP contribution is -2.30.